The Morgan fingerprint density at radius 2 is 1.56 bits per heavy atom. The summed E-state index contributed by atoms with van der Waals surface area (Å²) in [6.45, 7) is 8.77. The third kappa shape index (κ3) is 5.34. The summed E-state index contributed by atoms with van der Waals surface area (Å²) in [5.74, 6) is 1.33. The molecule has 0 spiro atoms. The fourth-order valence-corrected chi connectivity index (χ4v) is 4.92. The predicted octanol–water partition coefficient (Wildman–Crippen LogP) is 3.86. The van der Waals surface area contributed by atoms with E-state index < -0.39 is 11.2 Å². The molecule has 0 N–H and O–H groups in total. The van der Waals surface area contributed by atoms with Crippen LogP contribution in [-0.4, -0.2) is 52.3 Å². The van der Waals surface area contributed by atoms with Gasteiger partial charge in [0.15, 0.2) is 11.5 Å². The van der Waals surface area contributed by atoms with Gasteiger partial charge in [-0.15, -0.1) is 0 Å². The Morgan fingerprint density at radius 1 is 0.969 bits per heavy atom. The van der Waals surface area contributed by atoms with Crippen molar-refractivity contribution < 1.29 is 13.8 Å². The highest BCUT2D eigenvalue weighted by Crippen LogP contribution is 2.24. The lowest BCUT2D eigenvalue weighted by atomic mass is 10.1. The maximum atomic E-state index is 12.7. The number of nitrogens with zero attached hydrogens (tertiary/aromatic N) is 3. The van der Waals surface area contributed by atoms with E-state index >= 15 is 0 Å². The molecule has 1 amide bonds. The highest BCUT2D eigenvalue weighted by atomic mass is 32.2. The normalized spacial score (nSPS) is 15.1. The van der Waals surface area contributed by atoms with Crippen molar-refractivity contribution in [2.75, 3.05) is 36.8 Å². The van der Waals surface area contributed by atoms with Gasteiger partial charge in [-0.25, -0.2) is 4.98 Å². The molecule has 3 aromatic rings. The summed E-state index contributed by atoms with van der Waals surface area (Å²) >= 11 is -1.33. The Balaban J connectivity index is 1.30. The summed E-state index contributed by atoms with van der Waals surface area (Å²) in [5, 5.41) is 0. The van der Waals surface area contributed by atoms with Crippen LogP contribution in [0.25, 0.3) is 11.5 Å². The molecular weight excluding hydrogens is 422 g/mol. The number of benzene rings is 2. The number of rotatable bonds is 6. The van der Waals surface area contributed by atoms with Gasteiger partial charge in [-0.2, -0.15) is 0 Å². The van der Waals surface area contributed by atoms with E-state index in [1.807, 2.05) is 43.0 Å². The molecule has 32 heavy (non-hydrogen) atoms. The number of aryl methyl sites for hydroxylation is 3. The van der Waals surface area contributed by atoms with E-state index in [4.69, 9.17) is 4.42 Å². The maximum Gasteiger partial charge on any atom is 0.272 e. The molecular formula is C25H29N3O3S. The summed E-state index contributed by atoms with van der Waals surface area (Å²) in [5.41, 5.74) is 5.11. The first kappa shape index (κ1) is 22.4. The average molecular weight is 452 g/mol. The summed E-state index contributed by atoms with van der Waals surface area (Å²) in [7, 11) is 0. The summed E-state index contributed by atoms with van der Waals surface area (Å²) in [6.07, 6.45) is 0. The van der Waals surface area contributed by atoms with E-state index in [0.717, 1.165) is 24.2 Å². The molecule has 0 bridgehead atoms. The first-order valence-electron chi connectivity index (χ1n) is 10.9. The molecule has 0 radical (unpaired) electrons. The maximum absolute atomic E-state index is 12.7. The zero-order valence-corrected chi connectivity index (χ0v) is 19.7. The van der Waals surface area contributed by atoms with E-state index in [9.17, 15) is 9.35 Å². The lowest BCUT2D eigenvalue weighted by Crippen LogP contribution is -2.50. The third-order valence-corrected chi connectivity index (χ3v) is 6.97. The van der Waals surface area contributed by atoms with E-state index in [1.165, 1.54) is 11.3 Å². The van der Waals surface area contributed by atoms with Crippen molar-refractivity contribution in [2.24, 2.45) is 0 Å². The molecule has 0 aliphatic carbocycles. The van der Waals surface area contributed by atoms with Gasteiger partial charge in [-0.05, 0) is 56.2 Å². The number of anilines is 1. The average Bonchev–Trinajstić information content (AvgIpc) is 3.14. The van der Waals surface area contributed by atoms with Gasteiger partial charge in [0.2, 0.25) is 5.89 Å². The number of piperazine rings is 1. The van der Waals surface area contributed by atoms with Crippen molar-refractivity contribution in [3.8, 4) is 11.5 Å². The Hall–Kier alpha value is -2.77. The van der Waals surface area contributed by atoms with Crippen molar-refractivity contribution in [1.82, 2.24) is 9.88 Å². The van der Waals surface area contributed by atoms with Crippen LogP contribution in [0.3, 0.4) is 0 Å². The first-order chi connectivity index (χ1) is 15.4. The number of carbonyl (C=O) groups is 1. The molecule has 168 valence electrons. The molecule has 1 saturated heterocycles. The van der Waals surface area contributed by atoms with E-state index in [1.54, 1.807) is 0 Å². The Labute approximate surface area is 192 Å². The second kappa shape index (κ2) is 9.79. The van der Waals surface area contributed by atoms with Gasteiger partial charge in [0.1, 0.15) is 11.5 Å². The van der Waals surface area contributed by atoms with Crippen LogP contribution in [0.5, 0.6) is 0 Å². The minimum absolute atomic E-state index is 0.0106. The molecule has 1 atom stereocenters. The molecule has 1 unspecified atom stereocenters. The highest BCUT2D eigenvalue weighted by molar-refractivity contribution is 7.91. The second-order valence-corrected chi connectivity index (χ2v) is 9.78. The number of oxazole rings is 1. The summed E-state index contributed by atoms with van der Waals surface area (Å²) in [6, 6.07) is 16.4. The lowest BCUT2D eigenvalue weighted by Gasteiger charge is -2.36. The van der Waals surface area contributed by atoms with Gasteiger partial charge in [-0.3, -0.25) is 4.79 Å². The summed E-state index contributed by atoms with van der Waals surface area (Å²) in [4.78, 5) is 21.3. The monoisotopic (exact) mass is 451 g/mol. The zero-order chi connectivity index (χ0) is 22.7. The minimum atomic E-state index is -1.33. The smallest absolute Gasteiger partial charge is 0.272 e. The zero-order valence-electron chi connectivity index (χ0n) is 18.8. The summed E-state index contributed by atoms with van der Waals surface area (Å²) < 4.78 is 18.5. The molecule has 2 aromatic carbocycles. The number of carbonyl (C=O) groups excluding carboxylic acids is 1. The van der Waals surface area contributed by atoms with Crippen LogP contribution in [-0.2, 0) is 21.7 Å². The van der Waals surface area contributed by atoms with Crippen molar-refractivity contribution in [1.29, 1.82) is 0 Å². The topological polar surface area (TPSA) is 72.6 Å². The molecule has 7 heteroatoms. The molecule has 1 aliphatic heterocycles. The highest BCUT2D eigenvalue weighted by Gasteiger charge is 2.26. The Bertz CT molecular complexity index is 1060. The van der Waals surface area contributed by atoms with Gasteiger partial charge in [0, 0.05) is 37.4 Å². The van der Waals surface area contributed by atoms with Gasteiger partial charge >= 0.3 is 0 Å². The van der Waals surface area contributed by atoms with Crippen LogP contribution in [0.15, 0.2) is 52.9 Å². The fraction of sp³-hybridized carbons (Fsp3) is 0.360. The van der Waals surface area contributed by atoms with Crippen LogP contribution < -0.4 is 4.90 Å². The molecule has 1 aliphatic rings. The van der Waals surface area contributed by atoms with Gasteiger partial charge in [-0.1, -0.05) is 35.4 Å². The second-order valence-electron chi connectivity index (χ2n) is 8.32. The largest absolute Gasteiger partial charge is 0.616 e. The molecule has 2 heterocycles. The van der Waals surface area contributed by atoms with E-state index in [0.29, 0.717) is 30.4 Å². The molecule has 1 aromatic heterocycles. The van der Waals surface area contributed by atoms with Gasteiger partial charge in [0.05, 0.1) is 0 Å². The van der Waals surface area contributed by atoms with E-state index in [-0.39, 0.29) is 17.4 Å². The van der Waals surface area contributed by atoms with E-state index in [2.05, 4.69) is 41.1 Å². The third-order valence-electron chi connectivity index (χ3n) is 5.80. The van der Waals surface area contributed by atoms with Crippen LogP contribution in [0.2, 0.25) is 0 Å². The number of amides is 1. The SMILES string of the molecule is Cc1ccc(-c2nc(C[S+]([O-])CC(=O)N3CCN(c4ccc(C)cc4)CC3)c(C)o2)cc1. The molecule has 1 fully saturated rings. The molecule has 4 rings (SSSR count). The number of hydrogen-bond acceptors (Lipinski definition) is 5. The van der Waals surface area contributed by atoms with Gasteiger partial charge in [0.25, 0.3) is 5.91 Å². The Kier molecular flexibility index (Phi) is 6.86. The fourth-order valence-electron chi connectivity index (χ4n) is 3.78. The standard InChI is InChI=1S/C25H29N3O3S/c1-18-4-8-21(9-5-18)25-26-23(20(3)31-25)16-32(30)17-24(29)28-14-12-27(13-15-28)22-10-6-19(2)7-11-22/h4-11H,12-17H2,1-3H3. The van der Waals surface area contributed by atoms with Crippen molar-refractivity contribution >= 4 is 22.8 Å². The molecule has 6 nitrogen and oxygen atoms in total. The van der Waals surface area contributed by atoms with Gasteiger partial charge < -0.3 is 18.8 Å². The predicted molar refractivity (Wildman–Crippen MR) is 128 cm³/mol. The van der Waals surface area contributed by atoms with Crippen LogP contribution in [0.4, 0.5) is 5.69 Å². The van der Waals surface area contributed by atoms with Crippen LogP contribution >= 0.6 is 0 Å². The van der Waals surface area contributed by atoms with Crippen LogP contribution in [0.1, 0.15) is 22.6 Å². The van der Waals surface area contributed by atoms with Crippen LogP contribution in [0, 0.1) is 20.8 Å². The number of aromatic nitrogens is 1. The quantitative estimate of drug-likeness (QED) is 0.532. The minimum Gasteiger partial charge on any atom is -0.616 e. The van der Waals surface area contributed by atoms with Crippen molar-refractivity contribution in [2.45, 2.75) is 26.5 Å². The first-order valence-corrected chi connectivity index (χ1v) is 12.4. The molecule has 0 saturated carbocycles. The van der Waals surface area contributed by atoms with Crippen molar-refractivity contribution in [3.05, 3.63) is 71.1 Å². The Morgan fingerprint density at radius 3 is 2.19 bits per heavy atom. The lowest BCUT2D eigenvalue weighted by molar-refractivity contribution is -0.128. The number of hydrogen-bond donors (Lipinski definition) is 0. The van der Waals surface area contributed by atoms with Crippen molar-refractivity contribution in [3.63, 3.8) is 0 Å².